The fourth-order valence-corrected chi connectivity index (χ4v) is 2.46. The first kappa shape index (κ1) is 18.3. The third-order valence-electron chi connectivity index (χ3n) is 4.35. The van der Waals surface area contributed by atoms with Gasteiger partial charge in [0.05, 0.1) is 18.3 Å². The summed E-state index contributed by atoms with van der Waals surface area (Å²) in [6.07, 6.45) is 1.66. The van der Waals surface area contributed by atoms with Gasteiger partial charge in [0.1, 0.15) is 5.75 Å². The summed E-state index contributed by atoms with van der Waals surface area (Å²) in [7, 11) is 0.800. The lowest BCUT2D eigenvalue weighted by Gasteiger charge is -2.32. The van der Waals surface area contributed by atoms with Gasteiger partial charge in [0.15, 0.2) is 11.6 Å². The van der Waals surface area contributed by atoms with Crippen molar-refractivity contribution >= 4 is 25.8 Å². The fraction of sp³-hybridized carbons (Fsp3) is 0.500. The van der Waals surface area contributed by atoms with Crippen molar-refractivity contribution in [2.24, 2.45) is 0 Å². The minimum absolute atomic E-state index is 0.236. The summed E-state index contributed by atoms with van der Waals surface area (Å²) in [5.41, 5.74) is 0.136. The number of ether oxygens (including phenoxy) is 1. The van der Waals surface area contributed by atoms with E-state index >= 15 is 0 Å². The van der Waals surface area contributed by atoms with E-state index in [2.05, 4.69) is 12.6 Å². The molecular weight excluding hydrogens is 321 g/mol. The zero-order chi connectivity index (χ0) is 17.4. The van der Waals surface area contributed by atoms with Crippen molar-refractivity contribution in [3.8, 4) is 5.75 Å². The van der Waals surface area contributed by atoms with Gasteiger partial charge in [0.25, 0.3) is 0 Å². The molecule has 0 spiro atoms. The number of benzene rings is 1. The molecule has 0 radical (unpaired) electrons. The zero-order valence-electron chi connectivity index (χ0n) is 13.9. The fourth-order valence-electron chi connectivity index (χ4n) is 2.22. The average molecular weight is 342 g/mol. The van der Waals surface area contributed by atoms with Crippen LogP contribution in [0, 0.1) is 11.6 Å². The van der Waals surface area contributed by atoms with Crippen molar-refractivity contribution in [2.45, 2.75) is 38.9 Å². The minimum Gasteiger partial charge on any atom is -0.496 e. The second-order valence-electron chi connectivity index (χ2n) is 6.47. The van der Waals surface area contributed by atoms with Crippen molar-refractivity contribution < 1.29 is 22.8 Å². The summed E-state index contributed by atoms with van der Waals surface area (Å²) in [5, 5.41) is 0. The van der Waals surface area contributed by atoms with Gasteiger partial charge in [-0.1, -0.05) is 6.08 Å². The molecule has 3 nitrogen and oxygen atoms in total. The Labute approximate surface area is 141 Å². The molecule has 23 heavy (non-hydrogen) atoms. The summed E-state index contributed by atoms with van der Waals surface area (Å²) >= 11 is 4.31. The SMILES string of the molecule is COc1cc(F)c(F)cc1C=C(CS)B1OC(C)(C)C(C)(C)O1. The molecule has 7 heteroatoms. The smallest absolute Gasteiger partial charge is 0.491 e. The van der Waals surface area contributed by atoms with Gasteiger partial charge in [-0.2, -0.15) is 12.6 Å². The number of halogens is 2. The third kappa shape index (κ3) is 3.57. The van der Waals surface area contributed by atoms with Crippen LogP contribution >= 0.6 is 12.6 Å². The molecular formula is C16H21BF2O3S. The number of hydrogen-bond acceptors (Lipinski definition) is 4. The van der Waals surface area contributed by atoms with E-state index < -0.39 is 30.0 Å². The van der Waals surface area contributed by atoms with Crippen LogP contribution in [0.5, 0.6) is 5.75 Å². The largest absolute Gasteiger partial charge is 0.496 e. The molecule has 1 heterocycles. The molecule has 0 aromatic heterocycles. The first-order chi connectivity index (χ1) is 10.6. The molecule has 1 aliphatic heterocycles. The van der Waals surface area contributed by atoms with E-state index in [0.29, 0.717) is 16.8 Å². The van der Waals surface area contributed by atoms with Gasteiger partial charge in [0.2, 0.25) is 0 Å². The van der Waals surface area contributed by atoms with Crippen molar-refractivity contribution in [3.05, 3.63) is 34.8 Å². The van der Waals surface area contributed by atoms with Crippen molar-refractivity contribution in [2.75, 3.05) is 12.9 Å². The van der Waals surface area contributed by atoms with E-state index in [1.807, 2.05) is 27.7 Å². The highest BCUT2D eigenvalue weighted by Gasteiger charge is 2.52. The lowest BCUT2D eigenvalue weighted by Crippen LogP contribution is -2.41. The lowest BCUT2D eigenvalue weighted by atomic mass is 9.78. The van der Waals surface area contributed by atoms with Crippen LogP contribution in [0.3, 0.4) is 0 Å². The molecule has 0 atom stereocenters. The Kier molecular flexibility index (Phi) is 5.13. The van der Waals surface area contributed by atoms with Crippen molar-refractivity contribution in [1.29, 1.82) is 0 Å². The Balaban J connectivity index is 2.39. The monoisotopic (exact) mass is 342 g/mol. The molecule has 2 rings (SSSR count). The molecule has 0 aliphatic carbocycles. The first-order valence-electron chi connectivity index (χ1n) is 7.31. The molecule has 0 N–H and O–H groups in total. The number of methoxy groups -OCH3 is 1. The van der Waals surface area contributed by atoms with Gasteiger partial charge in [0, 0.05) is 17.4 Å². The van der Waals surface area contributed by atoms with Crippen LogP contribution in [0.2, 0.25) is 0 Å². The molecule has 1 aliphatic rings. The predicted molar refractivity (Wildman–Crippen MR) is 90.8 cm³/mol. The van der Waals surface area contributed by atoms with E-state index in [0.717, 1.165) is 12.1 Å². The van der Waals surface area contributed by atoms with Crippen LogP contribution in [-0.2, 0) is 9.31 Å². The third-order valence-corrected chi connectivity index (χ3v) is 4.72. The Morgan fingerprint density at radius 3 is 2.17 bits per heavy atom. The number of thiol groups is 1. The highest BCUT2D eigenvalue weighted by Crippen LogP contribution is 2.39. The summed E-state index contributed by atoms with van der Waals surface area (Å²) in [6.45, 7) is 7.78. The second kappa shape index (κ2) is 6.45. The summed E-state index contributed by atoms with van der Waals surface area (Å²) in [6, 6.07) is 2.10. The molecule has 1 saturated heterocycles. The summed E-state index contributed by atoms with van der Waals surface area (Å²) in [5.74, 6) is -1.31. The first-order valence-corrected chi connectivity index (χ1v) is 7.94. The molecule has 1 fully saturated rings. The van der Waals surface area contributed by atoms with E-state index in [4.69, 9.17) is 14.0 Å². The highest BCUT2D eigenvalue weighted by atomic mass is 32.1. The van der Waals surface area contributed by atoms with Crippen LogP contribution in [-0.4, -0.2) is 31.2 Å². The predicted octanol–water partition coefficient (Wildman–Crippen LogP) is 3.92. The van der Waals surface area contributed by atoms with Crippen molar-refractivity contribution in [3.63, 3.8) is 0 Å². The normalized spacial score (nSPS) is 20.0. The van der Waals surface area contributed by atoms with E-state index in [9.17, 15) is 8.78 Å². The molecule has 1 aromatic carbocycles. The zero-order valence-corrected chi connectivity index (χ0v) is 14.8. The molecule has 0 amide bonds. The lowest BCUT2D eigenvalue weighted by molar-refractivity contribution is 0.00578. The Bertz CT molecular complexity index is 616. The minimum atomic E-state index is -0.956. The summed E-state index contributed by atoms with van der Waals surface area (Å²) < 4.78 is 43.9. The maximum Gasteiger partial charge on any atom is 0.491 e. The van der Waals surface area contributed by atoms with Crippen LogP contribution < -0.4 is 4.74 Å². The topological polar surface area (TPSA) is 27.7 Å². The second-order valence-corrected chi connectivity index (χ2v) is 6.79. The Morgan fingerprint density at radius 2 is 1.70 bits per heavy atom. The van der Waals surface area contributed by atoms with Crippen LogP contribution in [0.25, 0.3) is 6.08 Å². The molecule has 0 unspecified atom stereocenters. The van der Waals surface area contributed by atoms with Crippen molar-refractivity contribution in [1.82, 2.24) is 0 Å². The maximum atomic E-state index is 13.5. The number of hydrogen-bond donors (Lipinski definition) is 1. The van der Waals surface area contributed by atoms with Crippen LogP contribution in [0.4, 0.5) is 8.78 Å². The molecule has 0 saturated carbocycles. The van der Waals surface area contributed by atoms with Gasteiger partial charge < -0.3 is 14.0 Å². The van der Waals surface area contributed by atoms with Crippen LogP contribution in [0.15, 0.2) is 17.6 Å². The van der Waals surface area contributed by atoms with E-state index in [-0.39, 0.29) is 5.75 Å². The van der Waals surface area contributed by atoms with E-state index in [1.165, 1.54) is 7.11 Å². The van der Waals surface area contributed by atoms with Crippen LogP contribution in [0.1, 0.15) is 33.3 Å². The Hall–Kier alpha value is -1.05. The molecule has 1 aromatic rings. The van der Waals surface area contributed by atoms with Gasteiger partial charge in [-0.3, -0.25) is 0 Å². The van der Waals surface area contributed by atoms with Gasteiger partial charge in [-0.25, -0.2) is 8.78 Å². The molecule has 126 valence electrons. The highest BCUT2D eigenvalue weighted by molar-refractivity contribution is 7.80. The Morgan fingerprint density at radius 1 is 1.17 bits per heavy atom. The maximum absolute atomic E-state index is 13.5. The average Bonchev–Trinajstić information content (AvgIpc) is 2.67. The van der Waals surface area contributed by atoms with E-state index in [1.54, 1.807) is 6.08 Å². The quantitative estimate of drug-likeness (QED) is 0.664. The van der Waals surface area contributed by atoms with Gasteiger partial charge in [-0.15, -0.1) is 0 Å². The standard InChI is InChI=1S/C16H21BF2O3S/c1-15(2)16(3,4)22-17(21-15)11(9-23)6-10-7-12(18)13(19)8-14(10)20-5/h6-8,23H,9H2,1-5H3. The van der Waals surface area contributed by atoms with Gasteiger partial charge >= 0.3 is 7.12 Å². The summed E-state index contributed by atoms with van der Waals surface area (Å²) in [4.78, 5) is 0. The number of rotatable bonds is 4. The molecule has 0 bridgehead atoms. The van der Waals surface area contributed by atoms with Gasteiger partial charge in [-0.05, 0) is 39.2 Å².